The van der Waals surface area contributed by atoms with Crippen LogP contribution in [-0.2, 0) is 9.53 Å². The van der Waals surface area contributed by atoms with E-state index in [1.807, 2.05) is 24.3 Å². The molecule has 1 heterocycles. The summed E-state index contributed by atoms with van der Waals surface area (Å²) in [6.45, 7) is 0. The third-order valence-electron chi connectivity index (χ3n) is 2.74. The van der Waals surface area contributed by atoms with Gasteiger partial charge in [-0.25, -0.2) is 4.79 Å². The molecule has 0 atom stereocenters. The van der Waals surface area contributed by atoms with Crippen molar-refractivity contribution in [2.45, 2.75) is 4.90 Å². The van der Waals surface area contributed by atoms with E-state index in [1.54, 1.807) is 18.6 Å². The van der Waals surface area contributed by atoms with Crippen molar-refractivity contribution < 1.29 is 19.1 Å². The van der Waals surface area contributed by atoms with Crippen molar-refractivity contribution in [1.82, 2.24) is 0 Å². The quantitative estimate of drug-likeness (QED) is 0.647. The SMILES string of the molecule is COC(=O)c1sccc1NC(=O)CSc1ccc(OC)cc1. The average molecular weight is 337 g/mol. The van der Waals surface area contributed by atoms with Crippen LogP contribution >= 0.6 is 23.1 Å². The number of hydrogen-bond donors (Lipinski definition) is 1. The van der Waals surface area contributed by atoms with Crippen molar-refractivity contribution in [3.05, 3.63) is 40.6 Å². The van der Waals surface area contributed by atoms with Gasteiger partial charge in [-0.15, -0.1) is 23.1 Å². The van der Waals surface area contributed by atoms with Crippen molar-refractivity contribution >= 4 is 40.7 Å². The minimum atomic E-state index is -0.451. The van der Waals surface area contributed by atoms with E-state index in [-0.39, 0.29) is 11.7 Å². The first-order valence-corrected chi connectivity index (χ1v) is 8.23. The van der Waals surface area contributed by atoms with Gasteiger partial charge < -0.3 is 14.8 Å². The predicted octanol–water partition coefficient (Wildman–Crippen LogP) is 3.27. The molecule has 2 rings (SSSR count). The number of anilines is 1. The van der Waals surface area contributed by atoms with Crippen LogP contribution in [0.3, 0.4) is 0 Å². The number of nitrogens with one attached hydrogen (secondary N) is 1. The lowest BCUT2D eigenvalue weighted by atomic mass is 10.3. The van der Waals surface area contributed by atoms with Gasteiger partial charge in [0.15, 0.2) is 0 Å². The normalized spacial score (nSPS) is 10.1. The topological polar surface area (TPSA) is 64.6 Å². The molecule has 1 aromatic heterocycles. The molecule has 0 fully saturated rings. The fraction of sp³-hybridized carbons (Fsp3) is 0.200. The summed E-state index contributed by atoms with van der Waals surface area (Å²) in [4.78, 5) is 24.9. The minimum Gasteiger partial charge on any atom is -0.497 e. The van der Waals surface area contributed by atoms with Crippen molar-refractivity contribution in [3.8, 4) is 5.75 Å². The van der Waals surface area contributed by atoms with E-state index in [4.69, 9.17) is 4.74 Å². The van der Waals surface area contributed by atoms with Crippen LogP contribution in [0.1, 0.15) is 9.67 Å². The van der Waals surface area contributed by atoms with E-state index in [1.165, 1.54) is 30.2 Å². The molecule has 0 saturated heterocycles. The second-order valence-corrected chi connectivity index (χ2v) is 6.13. The van der Waals surface area contributed by atoms with Crippen molar-refractivity contribution in [1.29, 1.82) is 0 Å². The number of esters is 1. The highest BCUT2D eigenvalue weighted by Gasteiger charge is 2.15. The zero-order valence-electron chi connectivity index (χ0n) is 12.1. The van der Waals surface area contributed by atoms with Crippen LogP contribution < -0.4 is 10.1 Å². The standard InChI is InChI=1S/C15H15NO4S2/c1-19-10-3-5-11(6-4-10)22-9-13(17)16-12-7-8-21-14(12)15(18)20-2/h3-8H,9H2,1-2H3,(H,16,17). The van der Waals surface area contributed by atoms with Gasteiger partial charge in [0.1, 0.15) is 10.6 Å². The van der Waals surface area contributed by atoms with Gasteiger partial charge in [-0.05, 0) is 35.7 Å². The van der Waals surface area contributed by atoms with Crippen LogP contribution in [-0.4, -0.2) is 31.8 Å². The smallest absolute Gasteiger partial charge is 0.350 e. The van der Waals surface area contributed by atoms with Gasteiger partial charge in [-0.3, -0.25) is 4.79 Å². The van der Waals surface area contributed by atoms with Gasteiger partial charge in [0.25, 0.3) is 0 Å². The largest absolute Gasteiger partial charge is 0.497 e. The van der Waals surface area contributed by atoms with E-state index in [2.05, 4.69) is 10.1 Å². The summed E-state index contributed by atoms with van der Waals surface area (Å²) in [5, 5.41) is 4.46. The summed E-state index contributed by atoms with van der Waals surface area (Å²) in [6, 6.07) is 9.15. The number of thioether (sulfide) groups is 1. The third kappa shape index (κ3) is 4.25. The molecular weight excluding hydrogens is 322 g/mol. The molecule has 0 bridgehead atoms. The first kappa shape index (κ1) is 16.4. The van der Waals surface area contributed by atoms with Crippen LogP contribution in [0, 0.1) is 0 Å². The summed E-state index contributed by atoms with van der Waals surface area (Å²) in [5.74, 6) is 0.398. The molecule has 0 aliphatic heterocycles. The van der Waals surface area contributed by atoms with Gasteiger partial charge >= 0.3 is 5.97 Å². The van der Waals surface area contributed by atoms with Gasteiger partial charge in [-0.1, -0.05) is 0 Å². The van der Waals surface area contributed by atoms with Crippen LogP contribution in [0.4, 0.5) is 5.69 Å². The van der Waals surface area contributed by atoms with Crippen molar-refractivity contribution in [3.63, 3.8) is 0 Å². The highest BCUT2D eigenvalue weighted by atomic mass is 32.2. The van der Waals surface area contributed by atoms with E-state index < -0.39 is 5.97 Å². The second-order valence-electron chi connectivity index (χ2n) is 4.17. The predicted molar refractivity (Wildman–Crippen MR) is 88.0 cm³/mol. The zero-order valence-corrected chi connectivity index (χ0v) is 13.8. The molecule has 0 spiro atoms. The third-order valence-corrected chi connectivity index (χ3v) is 4.65. The molecule has 2 aromatic rings. The Hall–Kier alpha value is -1.99. The van der Waals surface area contributed by atoms with Gasteiger partial charge in [0.05, 0.1) is 25.7 Å². The lowest BCUT2D eigenvalue weighted by Gasteiger charge is -2.06. The number of carbonyl (C=O) groups is 2. The number of amides is 1. The van der Waals surface area contributed by atoms with Crippen LogP contribution in [0.5, 0.6) is 5.75 Å². The highest BCUT2D eigenvalue weighted by molar-refractivity contribution is 8.00. The molecule has 1 N–H and O–H groups in total. The van der Waals surface area contributed by atoms with Gasteiger partial charge in [0, 0.05) is 4.90 Å². The summed E-state index contributed by atoms with van der Waals surface area (Å²) < 4.78 is 9.75. The number of carbonyl (C=O) groups excluding carboxylic acids is 2. The summed E-state index contributed by atoms with van der Waals surface area (Å²) in [5.41, 5.74) is 0.484. The molecule has 0 aliphatic rings. The second kappa shape index (κ2) is 7.86. The summed E-state index contributed by atoms with van der Waals surface area (Å²) in [7, 11) is 2.92. The minimum absolute atomic E-state index is 0.177. The Morgan fingerprint density at radius 3 is 2.55 bits per heavy atom. The van der Waals surface area contributed by atoms with Crippen molar-refractivity contribution in [2.24, 2.45) is 0 Å². The molecular formula is C15H15NO4S2. The number of rotatable bonds is 6. The first-order chi connectivity index (χ1) is 10.6. The molecule has 0 aliphatic carbocycles. The first-order valence-electron chi connectivity index (χ1n) is 6.36. The van der Waals surface area contributed by atoms with Crippen LogP contribution in [0.15, 0.2) is 40.6 Å². The average Bonchev–Trinajstić information content (AvgIpc) is 3.00. The van der Waals surface area contributed by atoms with Gasteiger partial charge in [-0.2, -0.15) is 0 Å². The fourth-order valence-corrected chi connectivity index (χ4v) is 3.13. The maximum absolute atomic E-state index is 12.0. The Kier molecular flexibility index (Phi) is 5.85. The molecule has 0 unspecified atom stereocenters. The number of hydrogen-bond acceptors (Lipinski definition) is 6. The highest BCUT2D eigenvalue weighted by Crippen LogP contribution is 2.25. The Morgan fingerprint density at radius 1 is 1.18 bits per heavy atom. The monoisotopic (exact) mass is 337 g/mol. The molecule has 116 valence electrons. The molecule has 1 amide bonds. The number of ether oxygens (including phenoxy) is 2. The Bertz CT molecular complexity index is 652. The Morgan fingerprint density at radius 2 is 1.91 bits per heavy atom. The fourth-order valence-electron chi connectivity index (χ4n) is 1.67. The van der Waals surface area contributed by atoms with E-state index in [0.717, 1.165) is 10.6 Å². The zero-order chi connectivity index (χ0) is 15.9. The molecule has 22 heavy (non-hydrogen) atoms. The Labute approximate surface area is 136 Å². The van der Waals surface area contributed by atoms with Crippen LogP contribution in [0.2, 0.25) is 0 Å². The van der Waals surface area contributed by atoms with Crippen LogP contribution in [0.25, 0.3) is 0 Å². The van der Waals surface area contributed by atoms with Gasteiger partial charge in [0.2, 0.25) is 5.91 Å². The van der Waals surface area contributed by atoms with E-state index >= 15 is 0 Å². The number of benzene rings is 1. The molecule has 7 heteroatoms. The van der Waals surface area contributed by atoms with Crippen molar-refractivity contribution in [2.75, 3.05) is 25.3 Å². The lowest BCUT2D eigenvalue weighted by Crippen LogP contribution is -2.15. The molecule has 5 nitrogen and oxygen atoms in total. The maximum Gasteiger partial charge on any atom is 0.350 e. The van der Waals surface area contributed by atoms with E-state index in [0.29, 0.717) is 10.6 Å². The lowest BCUT2D eigenvalue weighted by molar-refractivity contribution is -0.113. The van der Waals surface area contributed by atoms with E-state index in [9.17, 15) is 9.59 Å². The Balaban J connectivity index is 1.90. The molecule has 0 radical (unpaired) electrons. The summed E-state index contributed by atoms with van der Waals surface area (Å²) >= 11 is 2.64. The molecule has 1 aromatic carbocycles. The number of methoxy groups -OCH3 is 2. The molecule has 0 saturated carbocycles. The summed E-state index contributed by atoms with van der Waals surface area (Å²) in [6.07, 6.45) is 0. The maximum atomic E-state index is 12.0. The number of thiophene rings is 1.